The summed E-state index contributed by atoms with van der Waals surface area (Å²) >= 11 is 0. The summed E-state index contributed by atoms with van der Waals surface area (Å²) < 4.78 is 5.16. The molecule has 0 bridgehead atoms. The van der Waals surface area contributed by atoms with Gasteiger partial charge in [0.15, 0.2) is 0 Å². The van der Waals surface area contributed by atoms with Crippen molar-refractivity contribution in [3.05, 3.63) is 48.2 Å². The Kier molecular flexibility index (Phi) is 5.53. The number of carbonyl (C=O) groups is 2. The third-order valence-electron chi connectivity index (χ3n) is 5.65. The van der Waals surface area contributed by atoms with Crippen LogP contribution in [0.3, 0.4) is 0 Å². The molecule has 2 aromatic rings. The maximum atomic E-state index is 13.0. The number of nitriles is 1. The number of piperazine rings is 1. The minimum atomic E-state index is -0.328. The largest absolute Gasteiger partial charge is 0.497 e. The van der Waals surface area contributed by atoms with E-state index in [0.29, 0.717) is 38.3 Å². The van der Waals surface area contributed by atoms with Crippen molar-refractivity contribution in [2.75, 3.05) is 49.6 Å². The minimum Gasteiger partial charge on any atom is -0.497 e. The molecule has 2 fully saturated rings. The summed E-state index contributed by atoms with van der Waals surface area (Å²) in [6.07, 6.45) is 1.86. The molecule has 1 unspecified atom stereocenters. The SMILES string of the molecule is COc1ccc(N2CC(C(=O)N3CCN(c4cc(C#N)ccn4)CC3)CC2=O)cc1. The Morgan fingerprint density at radius 2 is 1.90 bits per heavy atom. The van der Waals surface area contributed by atoms with Crippen molar-refractivity contribution >= 4 is 23.3 Å². The number of rotatable bonds is 4. The van der Waals surface area contributed by atoms with E-state index in [-0.39, 0.29) is 24.2 Å². The number of amides is 2. The predicted octanol–water partition coefficient (Wildman–Crippen LogP) is 1.66. The van der Waals surface area contributed by atoms with Gasteiger partial charge in [-0.15, -0.1) is 0 Å². The standard InChI is InChI=1S/C22H23N5O3/c1-30-19-4-2-18(3-5-19)27-15-17(13-21(27)28)22(29)26-10-8-25(9-11-26)20-12-16(14-23)6-7-24-20/h2-7,12,17H,8-11,13,15H2,1H3. The van der Waals surface area contributed by atoms with E-state index >= 15 is 0 Å². The fourth-order valence-electron chi connectivity index (χ4n) is 3.96. The second-order valence-electron chi connectivity index (χ2n) is 7.43. The van der Waals surface area contributed by atoms with E-state index in [4.69, 9.17) is 10.00 Å². The predicted molar refractivity (Wildman–Crippen MR) is 111 cm³/mol. The van der Waals surface area contributed by atoms with Crippen LogP contribution < -0.4 is 14.5 Å². The first-order chi connectivity index (χ1) is 14.6. The first kappa shape index (κ1) is 19.7. The highest BCUT2D eigenvalue weighted by Crippen LogP contribution is 2.28. The molecule has 1 aromatic carbocycles. The molecule has 0 N–H and O–H groups in total. The van der Waals surface area contributed by atoms with Crippen molar-refractivity contribution in [3.63, 3.8) is 0 Å². The molecule has 8 heteroatoms. The zero-order valence-corrected chi connectivity index (χ0v) is 16.8. The molecule has 1 aromatic heterocycles. The second-order valence-corrected chi connectivity index (χ2v) is 7.43. The molecule has 2 aliphatic heterocycles. The van der Waals surface area contributed by atoms with Crippen LogP contribution in [0.5, 0.6) is 5.75 Å². The van der Waals surface area contributed by atoms with Crippen LogP contribution in [0.25, 0.3) is 0 Å². The molecular formula is C22H23N5O3. The summed E-state index contributed by atoms with van der Waals surface area (Å²) in [6, 6.07) is 12.9. The summed E-state index contributed by atoms with van der Waals surface area (Å²) in [4.78, 5) is 35.4. The Balaban J connectivity index is 1.36. The number of benzene rings is 1. The van der Waals surface area contributed by atoms with Crippen molar-refractivity contribution in [3.8, 4) is 11.8 Å². The van der Waals surface area contributed by atoms with Gasteiger partial charge in [0.2, 0.25) is 11.8 Å². The summed E-state index contributed by atoms with van der Waals surface area (Å²) in [5.41, 5.74) is 1.35. The van der Waals surface area contributed by atoms with Gasteiger partial charge in [0.1, 0.15) is 11.6 Å². The molecule has 30 heavy (non-hydrogen) atoms. The Hall–Kier alpha value is -3.60. The molecule has 0 aliphatic carbocycles. The maximum absolute atomic E-state index is 13.0. The highest BCUT2D eigenvalue weighted by atomic mass is 16.5. The van der Waals surface area contributed by atoms with Crippen molar-refractivity contribution in [2.45, 2.75) is 6.42 Å². The molecule has 8 nitrogen and oxygen atoms in total. The third-order valence-corrected chi connectivity index (χ3v) is 5.65. The highest BCUT2D eigenvalue weighted by Gasteiger charge is 2.38. The molecule has 2 amide bonds. The lowest BCUT2D eigenvalue weighted by Crippen LogP contribution is -2.51. The van der Waals surface area contributed by atoms with Crippen LogP contribution in [0.2, 0.25) is 0 Å². The van der Waals surface area contributed by atoms with Crippen molar-refractivity contribution in [1.29, 1.82) is 5.26 Å². The molecule has 0 saturated carbocycles. The van der Waals surface area contributed by atoms with Crippen molar-refractivity contribution in [1.82, 2.24) is 9.88 Å². The maximum Gasteiger partial charge on any atom is 0.228 e. The van der Waals surface area contributed by atoms with Crippen LogP contribution in [0, 0.1) is 17.2 Å². The highest BCUT2D eigenvalue weighted by molar-refractivity contribution is 6.00. The fourth-order valence-corrected chi connectivity index (χ4v) is 3.96. The summed E-state index contributed by atoms with van der Waals surface area (Å²) in [7, 11) is 1.60. The number of nitrogens with zero attached hydrogens (tertiary/aromatic N) is 5. The van der Waals surface area contributed by atoms with Crippen LogP contribution in [0.15, 0.2) is 42.6 Å². The van der Waals surface area contributed by atoms with Gasteiger partial charge in [-0.1, -0.05) is 0 Å². The zero-order chi connectivity index (χ0) is 21.1. The van der Waals surface area contributed by atoms with Crippen LogP contribution in [-0.4, -0.2) is 61.5 Å². The van der Waals surface area contributed by atoms with Crippen LogP contribution in [0.1, 0.15) is 12.0 Å². The van der Waals surface area contributed by atoms with Crippen molar-refractivity contribution in [2.24, 2.45) is 5.92 Å². The molecule has 2 saturated heterocycles. The third kappa shape index (κ3) is 3.92. The summed E-state index contributed by atoms with van der Waals surface area (Å²) in [6.45, 7) is 2.85. The molecule has 4 rings (SSSR count). The number of carbonyl (C=O) groups excluding carboxylic acids is 2. The number of hydrogen-bond acceptors (Lipinski definition) is 6. The van der Waals surface area contributed by atoms with E-state index in [1.807, 2.05) is 29.2 Å². The normalized spacial score (nSPS) is 19.0. The molecule has 2 aliphatic rings. The van der Waals surface area contributed by atoms with E-state index in [9.17, 15) is 9.59 Å². The Morgan fingerprint density at radius 1 is 1.17 bits per heavy atom. The average Bonchev–Trinajstić information content (AvgIpc) is 3.20. The molecule has 1 atom stereocenters. The lowest BCUT2D eigenvalue weighted by Gasteiger charge is -2.36. The van der Waals surface area contributed by atoms with Gasteiger partial charge in [0.25, 0.3) is 0 Å². The monoisotopic (exact) mass is 405 g/mol. The number of aromatic nitrogens is 1. The Morgan fingerprint density at radius 3 is 2.57 bits per heavy atom. The lowest BCUT2D eigenvalue weighted by atomic mass is 10.1. The fraction of sp³-hybridized carbons (Fsp3) is 0.364. The Bertz CT molecular complexity index is 977. The van der Waals surface area contributed by atoms with Gasteiger partial charge in [-0.3, -0.25) is 9.59 Å². The van der Waals surface area contributed by atoms with E-state index < -0.39 is 0 Å². The molecule has 0 spiro atoms. The smallest absolute Gasteiger partial charge is 0.228 e. The Labute approximate surface area is 175 Å². The summed E-state index contributed by atoms with van der Waals surface area (Å²) in [5, 5.41) is 9.06. The summed E-state index contributed by atoms with van der Waals surface area (Å²) in [5.74, 6) is 1.15. The van der Waals surface area contributed by atoms with Gasteiger partial charge in [-0.05, 0) is 36.4 Å². The quantitative estimate of drug-likeness (QED) is 0.769. The van der Waals surface area contributed by atoms with Crippen LogP contribution in [-0.2, 0) is 9.59 Å². The number of hydrogen-bond donors (Lipinski definition) is 0. The molecule has 3 heterocycles. The first-order valence-corrected chi connectivity index (χ1v) is 9.93. The molecular weight excluding hydrogens is 382 g/mol. The minimum absolute atomic E-state index is 0.0257. The second kappa shape index (κ2) is 8.41. The van der Waals surface area contributed by atoms with Gasteiger partial charge in [-0.25, -0.2) is 4.98 Å². The van der Waals surface area contributed by atoms with Gasteiger partial charge >= 0.3 is 0 Å². The zero-order valence-electron chi connectivity index (χ0n) is 16.8. The van der Waals surface area contributed by atoms with Gasteiger partial charge in [-0.2, -0.15) is 5.26 Å². The van der Waals surface area contributed by atoms with Crippen molar-refractivity contribution < 1.29 is 14.3 Å². The topological polar surface area (TPSA) is 89.8 Å². The number of methoxy groups -OCH3 is 1. The number of ether oxygens (including phenoxy) is 1. The van der Waals surface area contributed by atoms with E-state index in [2.05, 4.69) is 16.0 Å². The average molecular weight is 405 g/mol. The van der Waals surface area contributed by atoms with E-state index in [1.54, 1.807) is 30.3 Å². The van der Waals surface area contributed by atoms with E-state index in [1.165, 1.54) is 0 Å². The van der Waals surface area contributed by atoms with Gasteiger partial charge < -0.3 is 19.4 Å². The first-order valence-electron chi connectivity index (χ1n) is 9.93. The number of pyridine rings is 1. The van der Waals surface area contributed by atoms with Crippen LogP contribution in [0.4, 0.5) is 11.5 Å². The molecule has 154 valence electrons. The van der Waals surface area contributed by atoms with Gasteiger partial charge in [0, 0.05) is 51.0 Å². The van der Waals surface area contributed by atoms with Crippen LogP contribution >= 0.6 is 0 Å². The number of anilines is 2. The van der Waals surface area contributed by atoms with E-state index in [0.717, 1.165) is 17.3 Å². The molecule has 0 radical (unpaired) electrons. The van der Waals surface area contributed by atoms with Gasteiger partial charge in [0.05, 0.1) is 24.7 Å². The lowest BCUT2D eigenvalue weighted by molar-refractivity contribution is -0.136.